The number of hydrogen-bond acceptors (Lipinski definition) is 20. The molecule has 5 aliphatic rings. The number of benzene rings is 1. The quantitative estimate of drug-likeness (QED) is 0.106. The number of hydrogen-bond donors (Lipinski definition) is 4. The molecule has 1 spiro atoms. The summed E-state index contributed by atoms with van der Waals surface area (Å²) in [6.07, 6.45) is -6.68. The number of pyridine rings is 1. The van der Waals surface area contributed by atoms with Gasteiger partial charge in [0.25, 0.3) is 10.1 Å². The Morgan fingerprint density at radius 3 is 2.26 bits per heavy atom. The Labute approximate surface area is 459 Å². The summed E-state index contributed by atoms with van der Waals surface area (Å²) in [6, 6.07) is 4.67. The van der Waals surface area contributed by atoms with Crippen LogP contribution in [0.3, 0.4) is 0 Å². The molecule has 78 heavy (non-hydrogen) atoms. The lowest BCUT2D eigenvalue weighted by Gasteiger charge is -2.49. The van der Waals surface area contributed by atoms with E-state index in [9.17, 15) is 42.9 Å². The van der Waals surface area contributed by atoms with Crippen LogP contribution in [0.2, 0.25) is 0 Å². The molecule has 7 rings (SSSR count). The number of nitrogens with zero attached hydrogens (tertiary/aromatic N) is 4. The number of likely N-dealkylation sites (N-methyl/N-ethyl adjacent to an activating group) is 2. The predicted octanol–water partition coefficient (Wildman–Crippen LogP) is 3.71. The second-order valence-corrected chi connectivity index (χ2v) is 26.1. The maximum Gasteiger partial charge on any atom is 0.509 e. The molecule has 1 saturated carbocycles. The molecule has 22 nitrogen and oxygen atoms in total. The summed E-state index contributed by atoms with van der Waals surface area (Å²) in [7, 11) is 5.03. The lowest BCUT2D eigenvalue weighted by molar-refractivity contribution is -0.311. The van der Waals surface area contributed by atoms with Crippen molar-refractivity contribution in [2.75, 3.05) is 65.6 Å². The van der Waals surface area contributed by atoms with Gasteiger partial charge in [0.2, 0.25) is 5.43 Å². The Morgan fingerprint density at radius 2 is 1.62 bits per heavy atom. The minimum atomic E-state index is -4.11. The Kier molecular flexibility index (Phi) is 18.8. The molecule has 4 N–H and O–H groups in total. The highest BCUT2D eigenvalue weighted by atomic mass is 32.2. The summed E-state index contributed by atoms with van der Waals surface area (Å²) in [5.41, 5.74) is -3.21. The summed E-state index contributed by atoms with van der Waals surface area (Å²) in [6.45, 7) is 19.3. The van der Waals surface area contributed by atoms with Crippen LogP contribution in [-0.2, 0) is 58.7 Å². The Hall–Kier alpha value is -4.01. The van der Waals surface area contributed by atoms with Crippen molar-refractivity contribution in [3.05, 3.63) is 45.7 Å². The molecule has 1 aliphatic carbocycles. The highest BCUT2D eigenvalue weighted by molar-refractivity contribution is 7.86. The number of nitrogens with one attached hydrogen (secondary N) is 1. The summed E-state index contributed by atoms with van der Waals surface area (Å²) in [5.74, 6) is -4.75. The van der Waals surface area contributed by atoms with E-state index in [1.54, 1.807) is 56.7 Å². The number of rotatable bonds is 16. The Balaban J connectivity index is 1.06. The van der Waals surface area contributed by atoms with Crippen LogP contribution in [0.1, 0.15) is 111 Å². The zero-order chi connectivity index (χ0) is 57.7. The topological polar surface area (TPSA) is 264 Å². The number of aromatic carboxylic acids is 1. The smallest absolute Gasteiger partial charge is 0.477 e. The average Bonchev–Trinajstić information content (AvgIpc) is 3.97. The molecule has 1 aromatic heterocycles. The summed E-state index contributed by atoms with van der Waals surface area (Å²) < 4.78 is 79.3. The third kappa shape index (κ3) is 13.0. The largest absolute Gasteiger partial charge is 0.509 e. The number of carboxylic acids is 1. The first-order valence-corrected chi connectivity index (χ1v) is 29.1. The van der Waals surface area contributed by atoms with E-state index in [0.717, 1.165) is 5.56 Å². The van der Waals surface area contributed by atoms with Crippen LogP contribution in [0, 0.1) is 29.1 Å². The fourth-order valence-corrected chi connectivity index (χ4v) is 14.0. The van der Waals surface area contributed by atoms with Gasteiger partial charge >= 0.3 is 18.1 Å². The fourth-order valence-electron chi connectivity index (χ4n) is 12.8. The monoisotopic (exact) mass is 1120 g/mol. The minimum Gasteiger partial charge on any atom is -0.477 e. The van der Waals surface area contributed by atoms with Crippen LogP contribution in [-0.4, -0.2) is 202 Å². The van der Waals surface area contributed by atoms with Crippen molar-refractivity contribution in [1.82, 2.24) is 19.8 Å². The molecular formula is C55H87N5O17S. The molecule has 2 aromatic rings. The van der Waals surface area contributed by atoms with Crippen molar-refractivity contribution in [1.29, 1.82) is 0 Å². The van der Waals surface area contributed by atoms with Crippen LogP contribution >= 0.6 is 0 Å². The minimum absolute atomic E-state index is 0.0905. The van der Waals surface area contributed by atoms with E-state index < -0.39 is 123 Å². The summed E-state index contributed by atoms with van der Waals surface area (Å²) >= 11 is 0. The molecule has 1 aromatic carbocycles. The number of aliphatic hydroxyl groups is 2. The Morgan fingerprint density at radius 1 is 0.923 bits per heavy atom. The molecule has 5 heterocycles. The van der Waals surface area contributed by atoms with Gasteiger partial charge in [-0.15, -0.1) is 0 Å². The van der Waals surface area contributed by atoms with Gasteiger partial charge in [-0.25, -0.2) is 9.59 Å². The standard InChI is InChI=1S/C55H87N5O17S/c1-29-25-54(10,67)45(74-51-43(62)40(57(11)12)23-30(2)70-51)31(3)44(32(4)50(65)73-46-33(5)55(46)47(75-52(66)76-55)34(6)59(15)27-29)72-41-26-53(8,9)48(35(7)71-41)77-78(68,69)22-21-56-20-16-17-36-18-19-39-37(24-36)42(61)38(49(63)64)28-60(39)58(13)14/h18-19,24,28-35,40-41,43-48,51,56,62,67H,16-17,20-23,25-27H2,1-15H3,(H,63,64)/t29-,30-,31+,32?,33?,34-,35+,40+,41+,43?,44+,45-,46-,47?,48+,51+,54?,55-/m1/s1. The molecule has 440 valence electrons. The molecule has 0 bridgehead atoms. The van der Waals surface area contributed by atoms with E-state index in [4.69, 9.17) is 37.3 Å². The van der Waals surface area contributed by atoms with Crippen molar-refractivity contribution in [3.63, 3.8) is 0 Å². The van der Waals surface area contributed by atoms with Crippen LogP contribution < -0.4 is 15.8 Å². The van der Waals surface area contributed by atoms with Gasteiger partial charge < -0.3 is 63.7 Å². The van der Waals surface area contributed by atoms with Gasteiger partial charge in [0.15, 0.2) is 30.4 Å². The van der Waals surface area contributed by atoms with E-state index in [1.165, 1.54) is 6.20 Å². The number of aromatic nitrogens is 1. The first kappa shape index (κ1) is 61.6. The third-order valence-electron chi connectivity index (χ3n) is 17.1. The van der Waals surface area contributed by atoms with Gasteiger partial charge in [-0.2, -0.15) is 8.42 Å². The van der Waals surface area contributed by atoms with Crippen LogP contribution in [0.5, 0.6) is 0 Å². The SMILES string of the molecule is CC1C(=O)O[C@@H]2C(C)[C@@]23OC(=O)OC3[C@@H](C)N(C)C[C@H](C)CC(C)(O)[C@H](O[C@@H]2O[C@H](C)C[C@H](N(C)C)C2O)[C@@H](C)[C@@H]1O[C@H]1CC(C)(C)[C@@H](OS(=O)(=O)CCNCCCc2ccc3c(c2)c(=O)c(C(=O)O)cn3N(C)C)[C@H](C)O1. The fraction of sp³-hybridized carbons (Fsp3) is 0.782. The third-order valence-corrected chi connectivity index (χ3v) is 18.3. The lowest BCUT2D eigenvalue weighted by Crippen LogP contribution is -2.60. The van der Waals surface area contributed by atoms with E-state index in [1.807, 2.05) is 85.5 Å². The van der Waals surface area contributed by atoms with Gasteiger partial charge in [-0.1, -0.05) is 40.7 Å². The number of aryl methyl sites for hydroxylation is 1. The normalized spacial score (nSPS) is 37.8. The molecule has 4 aliphatic heterocycles. The first-order chi connectivity index (χ1) is 36.3. The van der Waals surface area contributed by atoms with Crippen LogP contribution in [0.25, 0.3) is 10.9 Å². The zero-order valence-electron chi connectivity index (χ0n) is 48.2. The van der Waals surface area contributed by atoms with Gasteiger partial charge in [0.05, 0.1) is 47.2 Å². The van der Waals surface area contributed by atoms with Crippen molar-refractivity contribution in [3.8, 4) is 0 Å². The van der Waals surface area contributed by atoms with Crippen molar-refractivity contribution in [2.45, 2.75) is 186 Å². The van der Waals surface area contributed by atoms with Gasteiger partial charge in [-0.3, -0.25) is 23.3 Å². The van der Waals surface area contributed by atoms with Gasteiger partial charge in [-0.05, 0) is 117 Å². The van der Waals surface area contributed by atoms with Gasteiger partial charge in [0.1, 0.15) is 17.8 Å². The molecule has 18 atom stereocenters. The summed E-state index contributed by atoms with van der Waals surface area (Å²) in [5, 5.41) is 39.4. The number of esters is 1. The second-order valence-electron chi connectivity index (χ2n) is 24.4. The number of ether oxygens (including phenoxy) is 7. The average molecular weight is 1120 g/mol. The number of carboxylic acid groups (broad SMARTS) is 1. The van der Waals surface area contributed by atoms with E-state index in [2.05, 4.69) is 5.32 Å². The van der Waals surface area contributed by atoms with Crippen molar-refractivity contribution in [2.24, 2.45) is 29.1 Å². The van der Waals surface area contributed by atoms with Crippen molar-refractivity contribution >= 4 is 39.1 Å². The van der Waals surface area contributed by atoms with E-state index in [-0.39, 0.29) is 60.2 Å². The highest BCUT2D eigenvalue weighted by Gasteiger charge is 2.78. The first-order valence-electron chi connectivity index (χ1n) is 27.5. The molecular weight excluding hydrogens is 1030 g/mol. The lowest BCUT2D eigenvalue weighted by atomic mass is 9.77. The maximum atomic E-state index is 14.7. The number of fused-ring (bicyclic) bond motifs is 1. The number of aliphatic hydroxyl groups excluding tert-OH is 1. The highest BCUT2D eigenvalue weighted by Crippen LogP contribution is 2.57. The maximum absolute atomic E-state index is 14.7. The van der Waals surface area contributed by atoms with E-state index in [0.29, 0.717) is 37.9 Å². The van der Waals surface area contributed by atoms with Gasteiger partial charge in [0, 0.05) is 69.1 Å². The molecule has 5 unspecified atom stereocenters. The molecule has 23 heteroatoms. The molecule has 0 radical (unpaired) electrons. The Bertz CT molecular complexity index is 2650. The van der Waals surface area contributed by atoms with Crippen molar-refractivity contribution < 1.29 is 75.5 Å². The zero-order valence-corrected chi connectivity index (χ0v) is 49.0. The van der Waals surface area contributed by atoms with Crippen LogP contribution in [0.4, 0.5) is 4.79 Å². The summed E-state index contributed by atoms with van der Waals surface area (Å²) in [4.78, 5) is 56.3. The molecule has 5 fully saturated rings. The second kappa shape index (κ2) is 23.8. The molecule has 4 saturated heterocycles. The van der Waals surface area contributed by atoms with Crippen LogP contribution in [0.15, 0.2) is 29.2 Å². The van der Waals surface area contributed by atoms with E-state index >= 15 is 0 Å². The number of carbonyl (C=O) groups excluding carboxylic acids is 2. The number of carbonyl (C=O) groups is 3. The molecule has 0 amide bonds. The predicted molar refractivity (Wildman–Crippen MR) is 288 cm³/mol.